The lowest BCUT2D eigenvalue weighted by Gasteiger charge is -2.39. The number of hydrogen-bond acceptors (Lipinski definition) is 12. The van der Waals surface area contributed by atoms with E-state index in [9.17, 15) is 35.4 Å². The molecule has 1 saturated heterocycles. The fourth-order valence-electron chi connectivity index (χ4n) is 4.88. The Balaban J connectivity index is 1.33. The van der Waals surface area contributed by atoms with Gasteiger partial charge in [-0.25, -0.2) is 9.21 Å². The maximum atomic E-state index is 12.4. The van der Waals surface area contributed by atoms with Crippen LogP contribution in [0.25, 0.3) is 33.3 Å². The number of para-hydroxylation sites is 1. The van der Waals surface area contributed by atoms with Crippen LogP contribution in [0.4, 0.5) is 0 Å². The predicted molar refractivity (Wildman–Crippen MR) is 153 cm³/mol. The van der Waals surface area contributed by atoms with Gasteiger partial charge < -0.3 is 54.0 Å². The summed E-state index contributed by atoms with van der Waals surface area (Å²) < 4.78 is 33.8. The van der Waals surface area contributed by atoms with E-state index < -0.39 is 42.9 Å². The van der Waals surface area contributed by atoms with Crippen molar-refractivity contribution in [3.8, 4) is 45.8 Å². The molecule has 5 aromatic rings. The summed E-state index contributed by atoms with van der Waals surface area (Å²) in [5.41, 5.74) is -0.0130. The van der Waals surface area contributed by atoms with Crippen LogP contribution in [0.1, 0.15) is 0 Å². The van der Waals surface area contributed by atoms with E-state index in [1.54, 1.807) is 24.3 Å². The first-order valence-electron chi connectivity index (χ1n) is 13.3. The number of aromatic hydroxyl groups is 3. The van der Waals surface area contributed by atoms with E-state index in [-0.39, 0.29) is 51.2 Å². The van der Waals surface area contributed by atoms with Gasteiger partial charge in [-0.05, 0) is 24.3 Å². The van der Waals surface area contributed by atoms with E-state index in [0.29, 0.717) is 16.5 Å². The molecule has 3 aromatic carbocycles. The Morgan fingerprint density at radius 2 is 1.64 bits per heavy atom. The van der Waals surface area contributed by atoms with E-state index >= 15 is 0 Å². The number of rotatable bonds is 7. The van der Waals surface area contributed by atoms with Crippen LogP contribution in [0.5, 0.6) is 34.5 Å². The Kier molecular flexibility index (Phi) is 7.61. The monoisotopic (exact) mass is 607 g/mol. The highest BCUT2D eigenvalue weighted by atomic mass is 16.7. The summed E-state index contributed by atoms with van der Waals surface area (Å²) >= 11 is 0. The van der Waals surface area contributed by atoms with E-state index in [1.165, 1.54) is 43.5 Å². The molecular formula is C31H27O13+. The Morgan fingerprint density at radius 3 is 2.43 bits per heavy atom. The Hall–Kier alpha value is -5.08. The molecular weight excluding hydrogens is 580 g/mol. The molecule has 5 atom stereocenters. The van der Waals surface area contributed by atoms with E-state index in [2.05, 4.69) is 0 Å². The fourth-order valence-corrected chi connectivity index (χ4v) is 4.88. The molecule has 6 rings (SSSR count). The number of methoxy groups -OCH3 is 1. The number of phenols is 3. The molecule has 0 spiro atoms. The third-order valence-electron chi connectivity index (χ3n) is 7.18. The van der Waals surface area contributed by atoms with Crippen molar-refractivity contribution in [3.05, 3.63) is 77.2 Å². The van der Waals surface area contributed by atoms with Gasteiger partial charge in [0.1, 0.15) is 53.5 Å². The maximum Gasteiger partial charge on any atom is 0.402 e. The van der Waals surface area contributed by atoms with Crippen LogP contribution in [0.15, 0.2) is 80.4 Å². The highest BCUT2D eigenvalue weighted by Gasteiger charge is 2.46. The predicted octanol–water partition coefficient (Wildman–Crippen LogP) is 2.88. The van der Waals surface area contributed by atoms with Gasteiger partial charge in [0.25, 0.3) is 0 Å². The highest BCUT2D eigenvalue weighted by Crippen LogP contribution is 2.42. The molecule has 13 nitrogen and oxygen atoms in total. The van der Waals surface area contributed by atoms with Crippen LogP contribution in [0.3, 0.4) is 0 Å². The molecule has 44 heavy (non-hydrogen) atoms. The number of ether oxygens (including phenoxy) is 4. The van der Waals surface area contributed by atoms with Crippen molar-refractivity contribution in [1.29, 1.82) is 0 Å². The molecule has 0 bridgehead atoms. The summed E-state index contributed by atoms with van der Waals surface area (Å²) in [5.74, 6) is -0.898. The second-order valence-corrected chi connectivity index (χ2v) is 10.1. The number of fused-ring (bicyclic) bond motifs is 2. The van der Waals surface area contributed by atoms with Gasteiger partial charge in [0, 0.05) is 23.6 Å². The van der Waals surface area contributed by atoms with Crippen LogP contribution < -0.4 is 19.8 Å². The van der Waals surface area contributed by atoms with Crippen molar-refractivity contribution < 1.29 is 58.4 Å². The zero-order chi connectivity index (χ0) is 31.1. The largest absolute Gasteiger partial charge is 0.507 e. The molecule has 13 heteroatoms. The molecule has 228 valence electrons. The van der Waals surface area contributed by atoms with E-state index in [1.807, 2.05) is 0 Å². The average Bonchev–Trinajstić information content (AvgIpc) is 3.01. The van der Waals surface area contributed by atoms with Gasteiger partial charge >= 0.3 is 17.0 Å². The van der Waals surface area contributed by atoms with Gasteiger partial charge in [-0.15, -0.1) is 0 Å². The van der Waals surface area contributed by atoms with Crippen LogP contribution in [-0.2, 0) is 4.74 Å². The van der Waals surface area contributed by atoms with Crippen LogP contribution in [0.2, 0.25) is 0 Å². The van der Waals surface area contributed by atoms with Gasteiger partial charge in [-0.2, -0.15) is 0 Å². The number of benzene rings is 3. The Labute approximate surface area is 247 Å². The SMILES string of the molecule is COc1cc(-c2[o+]c3cc(O)cc(O)c3cc2O[C@@H]2O[C@H](COc3cc4ccccc4oc3=O)[C@@H](O)[C@H](O)[C@H]2O)ccc1O. The molecule has 6 N–H and O–H groups in total. The minimum Gasteiger partial charge on any atom is -0.507 e. The summed E-state index contributed by atoms with van der Waals surface area (Å²) in [6.45, 7) is -0.432. The number of aliphatic hydroxyl groups is 3. The first-order chi connectivity index (χ1) is 21.1. The molecule has 2 aromatic heterocycles. The van der Waals surface area contributed by atoms with Gasteiger partial charge in [0.05, 0.1) is 18.7 Å². The normalized spacial score (nSPS) is 21.8. The second-order valence-electron chi connectivity index (χ2n) is 10.1. The number of aliphatic hydroxyl groups excluding tert-OH is 3. The topological polar surface area (TPSA) is 200 Å². The summed E-state index contributed by atoms with van der Waals surface area (Å²) in [4.78, 5) is 12.4. The summed E-state index contributed by atoms with van der Waals surface area (Å²) in [6, 6.07) is 16.3. The van der Waals surface area contributed by atoms with Crippen molar-refractivity contribution in [2.75, 3.05) is 13.7 Å². The third kappa shape index (κ3) is 5.40. The van der Waals surface area contributed by atoms with Gasteiger partial charge in [0.2, 0.25) is 17.8 Å². The molecule has 0 amide bonds. The lowest BCUT2D eigenvalue weighted by Crippen LogP contribution is -2.60. The first-order valence-corrected chi connectivity index (χ1v) is 13.3. The summed E-state index contributed by atoms with van der Waals surface area (Å²) in [6.07, 6.45) is -8.05. The molecule has 0 saturated carbocycles. The number of hydrogen-bond donors (Lipinski definition) is 6. The van der Waals surface area contributed by atoms with E-state index in [0.717, 1.165) is 6.07 Å². The first kappa shape index (κ1) is 29.0. The zero-order valence-electron chi connectivity index (χ0n) is 23.0. The number of phenolic OH excluding ortho intramolecular Hbond substituents is 3. The minimum absolute atomic E-state index is 0.0128. The average molecular weight is 608 g/mol. The van der Waals surface area contributed by atoms with Crippen LogP contribution in [0, 0.1) is 0 Å². The van der Waals surface area contributed by atoms with Gasteiger partial charge in [-0.3, -0.25) is 0 Å². The summed E-state index contributed by atoms with van der Waals surface area (Å²) in [7, 11) is 1.35. The Morgan fingerprint density at radius 1 is 0.841 bits per heavy atom. The molecule has 3 heterocycles. The maximum absolute atomic E-state index is 12.4. The van der Waals surface area contributed by atoms with Crippen molar-refractivity contribution >= 4 is 21.9 Å². The lowest BCUT2D eigenvalue weighted by molar-refractivity contribution is -0.276. The fraction of sp³-hybridized carbons (Fsp3) is 0.226. The zero-order valence-corrected chi connectivity index (χ0v) is 23.0. The summed E-state index contributed by atoms with van der Waals surface area (Å²) in [5, 5.41) is 63.4. The van der Waals surface area contributed by atoms with Crippen molar-refractivity contribution in [2.45, 2.75) is 30.7 Å². The molecule has 1 aliphatic heterocycles. The molecule has 0 radical (unpaired) electrons. The van der Waals surface area contributed by atoms with E-state index in [4.69, 9.17) is 27.8 Å². The molecule has 1 fully saturated rings. The van der Waals surface area contributed by atoms with Crippen molar-refractivity contribution in [1.82, 2.24) is 0 Å². The standard InChI is InChI=1S/C31H26O13/c1-39-22-9-15(6-7-18(22)33)29-23(12-17-19(34)10-16(32)11-21(17)41-29)43-31-28(37)27(36)26(35)25(44-31)13-40-24-8-14-4-2-3-5-20(14)42-30(24)38/h2-12,25-28,31,35-37H,13H2,1H3,(H2-,32,33,34)/p+1/t25-,26-,27+,28-,31-/m1/s1. The molecule has 0 aliphatic carbocycles. The second kappa shape index (κ2) is 11.5. The Bertz CT molecular complexity index is 1900. The van der Waals surface area contributed by atoms with Crippen molar-refractivity contribution in [2.24, 2.45) is 0 Å². The minimum atomic E-state index is -1.77. The highest BCUT2D eigenvalue weighted by molar-refractivity contribution is 5.88. The van der Waals surface area contributed by atoms with Crippen LogP contribution >= 0.6 is 0 Å². The lowest BCUT2D eigenvalue weighted by atomic mass is 9.99. The quantitative estimate of drug-likeness (QED) is 0.117. The molecule has 1 aliphatic rings. The van der Waals surface area contributed by atoms with Gasteiger partial charge in [0.15, 0.2) is 11.5 Å². The van der Waals surface area contributed by atoms with Crippen molar-refractivity contribution in [3.63, 3.8) is 0 Å². The smallest absolute Gasteiger partial charge is 0.402 e. The van der Waals surface area contributed by atoms with Gasteiger partial charge in [-0.1, -0.05) is 18.2 Å². The van der Waals surface area contributed by atoms with Crippen LogP contribution in [-0.4, -0.2) is 75.1 Å². The third-order valence-corrected chi connectivity index (χ3v) is 7.18. The molecule has 0 unspecified atom stereocenters.